The van der Waals surface area contributed by atoms with Gasteiger partial charge in [0.05, 0.1) is 5.56 Å². The van der Waals surface area contributed by atoms with Crippen LogP contribution in [0.25, 0.3) is 0 Å². The molecule has 0 atom stereocenters. The van der Waals surface area contributed by atoms with Gasteiger partial charge in [-0.2, -0.15) is 0 Å². The fourth-order valence-corrected chi connectivity index (χ4v) is 5.22. The fraction of sp³-hybridized carbons (Fsp3) is 0.167. The van der Waals surface area contributed by atoms with Crippen molar-refractivity contribution >= 4 is 21.8 Å². The third-order valence-corrected chi connectivity index (χ3v) is 7.07. The monoisotopic (exact) mass is 434 g/mol. The SMILES string of the molecule is O=C(CCN1C(=O)c2ccccc2S1(=O)=O)N(Cc1ccccc1)Cc1ccccc1. The van der Waals surface area contributed by atoms with Crippen molar-refractivity contribution in [2.45, 2.75) is 24.4 Å². The molecule has 6 nitrogen and oxygen atoms in total. The van der Waals surface area contributed by atoms with Crippen molar-refractivity contribution < 1.29 is 18.0 Å². The Labute approximate surface area is 181 Å². The summed E-state index contributed by atoms with van der Waals surface area (Å²) in [5.74, 6) is -0.798. The summed E-state index contributed by atoms with van der Waals surface area (Å²) in [5, 5.41) is 0. The van der Waals surface area contributed by atoms with Crippen LogP contribution in [0.5, 0.6) is 0 Å². The Balaban J connectivity index is 1.50. The highest BCUT2D eigenvalue weighted by Gasteiger charge is 2.40. The van der Waals surface area contributed by atoms with Crippen LogP contribution >= 0.6 is 0 Å². The predicted octanol–water partition coefficient (Wildman–Crippen LogP) is 3.45. The Kier molecular flexibility index (Phi) is 5.86. The van der Waals surface area contributed by atoms with Gasteiger partial charge in [0.15, 0.2) is 0 Å². The number of sulfonamides is 1. The van der Waals surface area contributed by atoms with Crippen molar-refractivity contribution in [3.8, 4) is 0 Å². The second-order valence-corrected chi connectivity index (χ2v) is 9.18. The van der Waals surface area contributed by atoms with Crippen LogP contribution in [0, 0.1) is 0 Å². The summed E-state index contributed by atoms with van der Waals surface area (Å²) in [4.78, 5) is 27.4. The van der Waals surface area contributed by atoms with E-state index in [0.717, 1.165) is 15.4 Å². The molecule has 1 aliphatic heterocycles. The van der Waals surface area contributed by atoms with Gasteiger partial charge in [-0.15, -0.1) is 0 Å². The van der Waals surface area contributed by atoms with E-state index in [4.69, 9.17) is 0 Å². The number of nitrogens with zero attached hydrogens (tertiary/aromatic N) is 2. The summed E-state index contributed by atoms with van der Waals surface area (Å²) in [7, 11) is -3.92. The number of benzene rings is 3. The molecule has 0 saturated heterocycles. The first kappa shape index (κ1) is 20.8. The van der Waals surface area contributed by atoms with Crippen LogP contribution in [0.2, 0.25) is 0 Å². The second kappa shape index (κ2) is 8.73. The minimum atomic E-state index is -3.92. The highest BCUT2D eigenvalue weighted by atomic mass is 32.2. The lowest BCUT2D eigenvalue weighted by atomic mass is 10.1. The summed E-state index contributed by atoms with van der Waals surface area (Å²) in [6, 6.07) is 25.3. The van der Waals surface area contributed by atoms with E-state index in [0.29, 0.717) is 13.1 Å². The molecule has 0 spiro atoms. The van der Waals surface area contributed by atoms with Gasteiger partial charge in [-0.25, -0.2) is 12.7 Å². The van der Waals surface area contributed by atoms with Crippen LogP contribution in [-0.4, -0.2) is 36.0 Å². The minimum Gasteiger partial charge on any atom is -0.334 e. The van der Waals surface area contributed by atoms with Crippen molar-refractivity contribution in [3.05, 3.63) is 102 Å². The highest BCUT2D eigenvalue weighted by molar-refractivity contribution is 7.90. The molecular weight excluding hydrogens is 412 g/mol. The molecule has 0 radical (unpaired) electrons. The fourth-order valence-electron chi connectivity index (χ4n) is 3.65. The van der Waals surface area contributed by atoms with Gasteiger partial charge in [-0.3, -0.25) is 9.59 Å². The Morgan fingerprint density at radius 2 is 1.29 bits per heavy atom. The highest BCUT2D eigenvalue weighted by Crippen LogP contribution is 2.30. The lowest BCUT2D eigenvalue weighted by molar-refractivity contribution is -0.132. The maximum Gasteiger partial charge on any atom is 0.269 e. The van der Waals surface area contributed by atoms with Gasteiger partial charge in [0.1, 0.15) is 4.90 Å². The lowest BCUT2D eigenvalue weighted by Crippen LogP contribution is -2.36. The van der Waals surface area contributed by atoms with Crippen LogP contribution in [-0.2, 0) is 27.9 Å². The van der Waals surface area contributed by atoms with Crippen molar-refractivity contribution in [1.82, 2.24) is 9.21 Å². The first-order valence-corrected chi connectivity index (χ1v) is 11.4. The van der Waals surface area contributed by atoms with E-state index < -0.39 is 15.9 Å². The number of fused-ring (bicyclic) bond motifs is 1. The van der Waals surface area contributed by atoms with Crippen LogP contribution in [0.15, 0.2) is 89.8 Å². The summed E-state index contributed by atoms with van der Waals surface area (Å²) in [6.07, 6.45) is -0.0847. The molecule has 158 valence electrons. The molecule has 0 N–H and O–H groups in total. The Morgan fingerprint density at radius 1 is 0.774 bits per heavy atom. The van der Waals surface area contributed by atoms with E-state index in [1.54, 1.807) is 17.0 Å². The van der Waals surface area contributed by atoms with Gasteiger partial charge in [0.25, 0.3) is 15.9 Å². The smallest absolute Gasteiger partial charge is 0.269 e. The molecule has 0 saturated carbocycles. The molecule has 0 aliphatic carbocycles. The summed E-state index contributed by atoms with van der Waals surface area (Å²) >= 11 is 0. The van der Waals surface area contributed by atoms with Crippen molar-refractivity contribution in [3.63, 3.8) is 0 Å². The zero-order chi connectivity index (χ0) is 21.8. The number of hydrogen-bond acceptors (Lipinski definition) is 4. The zero-order valence-corrected chi connectivity index (χ0v) is 17.7. The average molecular weight is 435 g/mol. The van der Waals surface area contributed by atoms with Gasteiger partial charge >= 0.3 is 0 Å². The van der Waals surface area contributed by atoms with E-state index in [-0.39, 0.29) is 29.3 Å². The zero-order valence-electron chi connectivity index (χ0n) is 16.8. The third-order valence-electron chi connectivity index (χ3n) is 5.23. The number of rotatable bonds is 7. The molecule has 7 heteroatoms. The standard InChI is InChI=1S/C24H22N2O4S/c27-23(15-16-26-24(28)21-13-7-8-14-22(21)31(26,29)30)25(17-19-9-3-1-4-10-19)18-20-11-5-2-6-12-20/h1-14H,15-18H2. The van der Waals surface area contributed by atoms with Gasteiger partial charge in [-0.05, 0) is 23.3 Å². The molecule has 0 fully saturated rings. The number of carbonyl (C=O) groups is 2. The maximum absolute atomic E-state index is 13.1. The third kappa shape index (κ3) is 4.36. The molecule has 0 aromatic heterocycles. The molecule has 2 amide bonds. The average Bonchev–Trinajstić information content (AvgIpc) is 2.98. The molecule has 31 heavy (non-hydrogen) atoms. The van der Waals surface area contributed by atoms with Gasteiger partial charge < -0.3 is 4.90 Å². The van der Waals surface area contributed by atoms with Gasteiger partial charge in [0, 0.05) is 26.1 Å². The molecule has 0 bridgehead atoms. The molecule has 1 heterocycles. The topological polar surface area (TPSA) is 74.8 Å². The van der Waals surface area contributed by atoms with Crippen LogP contribution in [0.1, 0.15) is 27.9 Å². The van der Waals surface area contributed by atoms with E-state index >= 15 is 0 Å². The Morgan fingerprint density at radius 3 is 1.84 bits per heavy atom. The van der Waals surface area contributed by atoms with E-state index in [2.05, 4.69) is 0 Å². The van der Waals surface area contributed by atoms with Crippen molar-refractivity contribution in [2.75, 3.05) is 6.54 Å². The Hall–Kier alpha value is -3.45. The molecule has 3 aromatic rings. The van der Waals surface area contributed by atoms with Gasteiger partial charge in [-0.1, -0.05) is 72.8 Å². The van der Waals surface area contributed by atoms with Crippen LogP contribution in [0.4, 0.5) is 0 Å². The lowest BCUT2D eigenvalue weighted by Gasteiger charge is -2.24. The van der Waals surface area contributed by atoms with E-state index in [1.807, 2.05) is 60.7 Å². The molecule has 3 aromatic carbocycles. The second-order valence-electron chi connectivity index (χ2n) is 7.35. The minimum absolute atomic E-state index is 0.00197. The van der Waals surface area contributed by atoms with Crippen molar-refractivity contribution in [1.29, 1.82) is 0 Å². The summed E-state index contributed by atoms with van der Waals surface area (Å²) < 4.78 is 26.3. The van der Waals surface area contributed by atoms with Crippen LogP contribution < -0.4 is 0 Å². The Bertz CT molecular complexity index is 1150. The normalized spacial score (nSPS) is 14.3. The van der Waals surface area contributed by atoms with Gasteiger partial charge in [0.2, 0.25) is 5.91 Å². The summed E-state index contributed by atoms with van der Waals surface area (Å²) in [5.41, 5.74) is 2.11. The first-order chi connectivity index (χ1) is 15.0. The quantitative estimate of drug-likeness (QED) is 0.571. The largest absolute Gasteiger partial charge is 0.334 e. The maximum atomic E-state index is 13.1. The van der Waals surface area contributed by atoms with E-state index in [9.17, 15) is 18.0 Å². The molecule has 4 rings (SSSR count). The van der Waals surface area contributed by atoms with Crippen molar-refractivity contribution in [2.24, 2.45) is 0 Å². The molecular formula is C24H22N2O4S. The number of amides is 2. The number of hydrogen-bond donors (Lipinski definition) is 0. The van der Waals surface area contributed by atoms with Crippen LogP contribution in [0.3, 0.4) is 0 Å². The number of carbonyl (C=O) groups excluding carboxylic acids is 2. The molecule has 0 unspecified atom stereocenters. The molecule has 1 aliphatic rings. The first-order valence-electron chi connectivity index (χ1n) is 9.98. The van der Waals surface area contributed by atoms with E-state index in [1.165, 1.54) is 12.1 Å². The summed E-state index contributed by atoms with van der Waals surface area (Å²) in [6.45, 7) is 0.611. The predicted molar refractivity (Wildman–Crippen MR) is 116 cm³/mol.